The zero-order valence-electron chi connectivity index (χ0n) is 9.65. The second-order valence-electron chi connectivity index (χ2n) is 4.06. The van der Waals surface area contributed by atoms with E-state index in [9.17, 15) is 21.6 Å². The second kappa shape index (κ2) is 5.37. The molecule has 7 nitrogen and oxygen atoms in total. The highest BCUT2D eigenvalue weighted by Crippen LogP contribution is 2.20. The van der Waals surface area contributed by atoms with Crippen LogP contribution < -0.4 is 0 Å². The first-order valence-corrected chi connectivity index (χ1v) is 8.63. The molecule has 0 aliphatic carbocycles. The predicted molar refractivity (Wildman–Crippen MR) is 65.4 cm³/mol. The fraction of sp³-hybridized carbons (Fsp3) is 0.667. The summed E-state index contributed by atoms with van der Waals surface area (Å²) in [6.07, 6.45) is 1.28. The van der Waals surface area contributed by atoms with Crippen LogP contribution in [0.4, 0.5) is 0 Å². The second-order valence-corrected chi connectivity index (χ2v) is 8.26. The first-order valence-electron chi connectivity index (χ1n) is 5.20. The van der Waals surface area contributed by atoms with E-state index >= 15 is 0 Å². The zero-order valence-corrected chi connectivity index (χ0v) is 11.3. The number of rotatable bonds is 6. The van der Waals surface area contributed by atoms with Crippen molar-refractivity contribution in [1.29, 1.82) is 0 Å². The molecule has 18 heavy (non-hydrogen) atoms. The summed E-state index contributed by atoms with van der Waals surface area (Å²) in [4.78, 5) is 10.7. The summed E-state index contributed by atoms with van der Waals surface area (Å²) in [6.45, 7) is 2.57. The van der Waals surface area contributed by atoms with Gasteiger partial charge in [0, 0.05) is 6.04 Å². The molecule has 1 aliphatic heterocycles. The van der Waals surface area contributed by atoms with Crippen LogP contribution in [-0.4, -0.2) is 62.1 Å². The van der Waals surface area contributed by atoms with Gasteiger partial charge in [-0.25, -0.2) is 16.8 Å². The Bertz CT molecular complexity index is 535. The third-order valence-corrected chi connectivity index (χ3v) is 6.14. The molecule has 0 amide bonds. The van der Waals surface area contributed by atoms with Gasteiger partial charge in [0.15, 0.2) is 9.84 Å². The average molecular weight is 297 g/mol. The van der Waals surface area contributed by atoms with Crippen molar-refractivity contribution in [2.45, 2.75) is 12.5 Å². The van der Waals surface area contributed by atoms with Crippen LogP contribution in [0.3, 0.4) is 0 Å². The van der Waals surface area contributed by atoms with Gasteiger partial charge in [0.25, 0.3) is 0 Å². The molecule has 0 aromatic rings. The normalized spacial score (nSPS) is 23.1. The summed E-state index contributed by atoms with van der Waals surface area (Å²) in [6, 6.07) is -0.795. The maximum Gasteiger partial charge on any atom is 0.318 e. The van der Waals surface area contributed by atoms with Crippen LogP contribution in [0.2, 0.25) is 0 Å². The Morgan fingerprint density at radius 3 is 2.50 bits per heavy atom. The maximum atomic E-state index is 11.9. The van der Waals surface area contributed by atoms with E-state index in [0.29, 0.717) is 0 Å². The molecule has 104 valence electrons. The van der Waals surface area contributed by atoms with Crippen LogP contribution in [0.1, 0.15) is 6.42 Å². The van der Waals surface area contributed by atoms with Crippen molar-refractivity contribution in [3.8, 4) is 0 Å². The van der Waals surface area contributed by atoms with Crippen molar-refractivity contribution in [3.63, 3.8) is 0 Å². The topological polar surface area (TPSA) is 109 Å². The molecule has 9 heteroatoms. The zero-order chi connectivity index (χ0) is 14.0. The number of hydrogen-bond donors (Lipinski definition) is 1. The molecular formula is C9H15NO6S2. The molecule has 1 atom stereocenters. The molecule has 0 saturated carbocycles. The molecule has 0 spiro atoms. The molecule has 1 rings (SSSR count). The molecule has 0 bridgehead atoms. The molecule has 1 heterocycles. The first kappa shape index (κ1) is 15.1. The monoisotopic (exact) mass is 297 g/mol. The van der Waals surface area contributed by atoms with Gasteiger partial charge < -0.3 is 5.11 Å². The van der Waals surface area contributed by atoms with E-state index in [0.717, 1.165) is 10.4 Å². The van der Waals surface area contributed by atoms with E-state index in [2.05, 4.69) is 6.58 Å². The van der Waals surface area contributed by atoms with Gasteiger partial charge in [-0.15, -0.1) is 6.58 Å². The number of nitrogens with zero attached hydrogens (tertiary/aromatic N) is 1. The van der Waals surface area contributed by atoms with E-state index in [1.54, 1.807) is 0 Å². The van der Waals surface area contributed by atoms with Crippen molar-refractivity contribution >= 4 is 25.8 Å². The van der Waals surface area contributed by atoms with Crippen LogP contribution in [0.15, 0.2) is 12.7 Å². The summed E-state index contributed by atoms with van der Waals surface area (Å²) in [5.74, 6) is -2.16. The minimum atomic E-state index is -3.83. The highest BCUT2D eigenvalue weighted by molar-refractivity contribution is 7.92. The van der Waals surface area contributed by atoms with E-state index in [-0.39, 0.29) is 17.9 Å². The molecule has 1 saturated heterocycles. The van der Waals surface area contributed by atoms with Gasteiger partial charge in [0.05, 0.1) is 17.3 Å². The lowest BCUT2D eigenvalue weighted by Gasteiger charge is -2.24. The van der Waals surface area contributed by atoms with Crippen molar-refractivity contribution in [1.82, 2.24) is 4.31 Å². The van der Waals surface area contributed by atoms with Gasteiger partial charge in [0.2, 0.25) is 10.0 Å². The van der Waals surface area contributed by atoms with Gasteiger partial charge in [-0.1, -0.05) is 6.08 Å². The largest absolute Gasteiger partial charge is 0.480 e. The highest BCUT2D eigenvalue weighted by atomic mass is 32.2. The summed E-state index contributed by atoms with van der Waals surface area (Å²) in [7, 11) is -7.11. The minimum Gasteiger partial charge on any atom is -0.480 e. The van der Waals surface area contributed by atoms with Gasteiger partial charge >= 0.3 is 5.97 Å². The lowest BCUT2D eigenvalue weighted by molar-refractivity contribution is -0.137. The molecule has 1 fully saturated rings. The summed E-state index contributed by atoms with van der Waals surface area (Å²) >= 11 is 0. The average Bonchev–Trinajstić information content (AvgIpc) is 2.54. The smallest absolute Gasteiger partial charge is 0.318 e. The third-order valence-electron chi connectivity index (χ3n) is 2.59. The van der Waals surface area contributed by atoms with Crippen molar-refractivity contribution in [2.75, 3.05) is 23.8 Å². The Hall–Kier alpha value is -0.930. The van der Waals surface area contributed by atoms with Crippen LogP contribution in [0, 0.1) is 0 Å². The van der Waals surface area contributed by atoms with E-state index < -0.39 is 44.2 Å². The van der Waals surface area contributed by atoms with Crippen LogP contribution >= 0.6 is 0 Å². The van der Waals surface area contributed by atoms with Crippen molar-refractivity contribution in [2.24, 2.45) is 0 Å². The van der Waals surface area contributed by atoms with Crippen LogP contribution in [0.25, 0.3) is 0 Å². The number of sulfone groups is 1. The molecule has 0 radical (unpaired) electrons. The summed E-state index contributed by atoms with van der Waals surface area (Å²) in [5, 5.41) is 8.72. The standard InChI is InChI=1S/C9H15NO6S2/c1-2-4-18(15,16)10(6-9(11)12)8-3-5-17(13,14)7-8/h2,8H,1,3-7H2,(H,11,12). The molecule has 1 unspecified atom stereocenters. The van der Waals surface area contributed by atoms with Gasteiger partial charge in [-0.3, -0.25) is 4.79 Å². The predicted octanol–water partition coefficient (Wildman–Crippen LogP) is -0.924. The minimum absolute atomic E-state index is 0.114. The molecule has 0 aromatic heterocycles. The third kappa shape index (κ3) is 3.79. The number of sulfonamides is 1. The molecule has 1 aliphatic rings. The Morgan fingerprint density at radius 1 is 1.50 bits per heavy atom. The van der Waals surface area contributed by atoms with E-state index in [1.807, 2.05) is 0 Å². The fourth-order valence-electron chi connectivity index (χ4n) is 1.84. The summed E-state index contributed by atoms with van der Waals surface area (Å²) < 4.78 is 47.1. The lowest BCUT2D eigenvalue weighted by atomic mass is 10.2. The number of carboxylic acid groups (broad SMARTS) is 1. The molecule has 0 aromatic carbocycles. The maximum absolute atomic E-state index is 11.9. The number of carboxylic acids is 1. The van der Waals surface area contributed by atoms with Crippen LogP contribution in [-0.2, 0) is 24.7 Å². The van der Waals surface area contributed by atoms with E-state index in [1.165, 1.54) is 0 Å². The number of hydrogen-bond acceptors (Lipinski definition) is 5. The number of aliphatic carboxylic acids is 1. The quantitative estimate of drug-likeness (QED) is 0.635. The Labute approximate surface area is 106 Å². The van der Waals surface area contributed by atoms with E-state index in [4.69, 9.17) is 5.11 Å². The fourth-order valence-corrected chi connectivity index (χ4v) is 5.09. The van der Waals surface area contributed by atoms with Gasteiger partial charge in [-0.05, 0) is 6.42 Å². The molecular weight excluding hydrogens is 282 g/mol. The Balaban J connectivity index is 3.00. The van der Waals surface area contributed by atoms with Crippen molar-refractivity contribution in [3.05, 3.63) is 12.7 Å². The number of carbonyl (C=O) groups is 1. The van der Waals surface area contributed by atoms with Crippen molar-refractivity contribution < 1.29 is 26.7 Å². The van der Waals surface area contributed by atoms with Gasteiger partial charge in [0.1, 0.15) is 6.54 Å². The molecule has 1 N–H and O–H groups in total. The Kier molecular flexibility index (Phi) is 4.51. The first-order chi connectivity index (χ1) is 8.18. The SMILES string of the molecule is C=CCS(=O)(=O)N(CC(=O)O)C1CCS(=O)(=O)C1. The Morgan fingerprint density at radius 2 is 2.11 bits per heavy atom. The van der Waals surface area contributed by atoms with Crippen LogP contribution in [0.5, 0.6) is 0 Å². The summed E-state index contributed by atoms with van der Waals surface area (Å²) in [5.41, 5.74) is 0. The lowest BCUT2D eigenvalue weighted by Crippen LogP contribution is -2.44. The highest BCUT2D eigenvalue weighted by Gasteiger charge is 2.38. The van der Waals surface area contributed by atoms with Gasteiger partial charge in [-0.2, -0.15) is 4.31 Å².